The van der Waals surface area contributed by atoms with E-state index in [2.05, 4.69) is 28.1 Å². The highest BCUT2D eigenvalue weighted by Crippen LogP contribution is 2.32. The van der Waals surface area contributed by atoms with E-state index in [1.807, 2.05) is 18.3 Å². The van der Waals surface area contributed by atoms with Gasteiger partial charge in [0.05, 0.1) is 13.7 Å². The molecule has 0 amide bonds. The van der Waals surface area contributed by atoms with Gasteiger partial charge in [-0.3, -0.25) is 4.98 Å². The average molecular weight is 284 g/mol. The fourth-order valence-corrected chi connectivity index (χ4v) is 2.82. The molecule has 0 unspecified atom stereocenters. The Kier molecular flexibility index (Phi) is 4.06. The van der Waals surface area contributed by atoms with Crippen molar-refractivity contribution in [2.45, 2.75) is 6.42 Å². The first-order chi connectivity index (χ1) is 10.3. The summed E-state index contributed by atoms with van der Waals surface area (Å²) in [6, 6.07) is 8.15. The number of rotatable bonds is 4. The van der Waals surface area contributed by atoms with E-state index in [0.29, 0.717) is 0 Å². The van der Waals surface area contributed by atoms with E-state index >= 15 is 0 Å². The molecule has 0 atom stereocenters. The molecule has 0 spiro atoms. The second-order valence-electron chi connectivity index (χ2n) is 5.18. The van der Waals surface area contributed by atoms with Gasteiger partial charge in [0.1, 0.15) is 11.3 Å². The Bertz CT molecular complexity index is 667. The fraction of sp³-hybridized carbons (Fsp3) is 0.353. The standard InChI is InChI=1S/C17H20N2O2/c1-20-12-13-7-10-19(11-8-13)15-6-9-18-17-14(15)4-3-5-16(17)21-2/h3-7,9H,8,10-12H2,1-2H3. The number of fused-ring (bicyclic) bond motifs is 1. The maximum Gasteiger partial charge on any atom is 0.145 e. The van der Waals surface area contributed by atoms with Crippen molar-refractivity contribution < 1.29 is 9.47 Å². The molecule has 1 aromatic carbocycles. The van der Waals surface area contributed by atoms with Crippen LogP contribution < -0.4 is 9.64 Å². The second kappa shape index (κ2) is 6.14. The van der Waals surface area contributed by atoms with Crippen molar-refractivity contribution in [3.05, 3.63) is 42.1 Å². The van der Waals surface area contributed by atoms with Crippen LogP contribution in [-0.4, -0.2) is 38.9 Å². The molecule has 110 valence electrons. The van der Waals surface area contributed by atoms with Gasteiger partial charge in [-0.05, 0) is 24.1 Å². The van der Waals surface area contributed by atoms with Crippen molar-refractivity contribution in [2.75, 3.05) is 38.8 Å². The largest absolute Gasteiger partial charge is 0.494 e. The first-order valence-corrected chi connectivity index (χ1v) is 7.17. The van der Waals surface area contributed by atoms with Crippen LogP contribution in [0.15, 0.2) is 42.1 Å². The summed E-state index contributed by atoms with van der Waals surface area (Å²) in [4.78, 5) is 6.84. The number of hydrogen-bond acceptors (Lipinski definition) is 4. The van der Waals surface area contributed by atoms with Gasteiger partial charge in [0, 0.05) is 37.5 Å². The SMILES string of the molecule is COCC1=CCN(c2ccnc3c(OC)cccc23)CC1. The Labute approximate surface area is 125 Å². The summed E-state index contributed by atoms with van der Waals surface area (Å²) in [6.45, 7) is 2.65. The summed E-state index contributed by atoms with van der Waals surface area (Å²) in [5.74, 6) is 0.821. The molecule has 0 fully saturated rings. The van der Waals surface area contributed by atoms with Crippen molar-refractivity contribution in [1.29, 1.82) is 0 Å². The number of methoxy groups -OCH3 is 2. The van der Waals surface area contributed by atoms with E-state index < -0.39 is 0 Å². The molecular formula is C17H20N2O2. The van der Waals surface area contributed by atoms with Gasteiger partial charge in [-0.15, -0.1) is 0 Å². The summed E-state index contributed by atoms with van der Waals surface area (Å²) in [7, 11) is 3.43. The summed E-state index contributed by atoms with van der Waals surface area (Å²) in [5.41, 5.74) is 3.51. The van der Waals surface area contributed by atoms with Crippen LogP contribution in [0.3, 0.4) is 0 Å². The fourth-order valence-electron chi connectivity index (χ4n) is 2.82. The first-order valence-electron chi connectivity index (χ1n) is 7.17. The molecular weight excluding hydrogens is 264 g/mol. The Morgan fingerprint density at radius 1 is 1.24 bits per heavy atom. The number of para-hydroxylation sites is 1. The zero-order chi connectivity index (χ0) is 14.7. The van der Waals surface area contributed by atoms with Gasteiger partial charge >= 0.3 is 0 Å². The van der Waals surface area contributed by atoms with Crippen molar-refractivity contribution in [2.24, 2.45) is 0 Å². The van der Waals surface area contributed by atoms with Crippen LogP contribution in [-0.2, 0) is 4.74 Å². The smallest absolute Gasteiger partial charge is 0.145 e. The molecule has 3 rings (SSSR count). The van der Waals surface area contributed by atoms with Crippen LogP contribution in [0.5, 0.6) is 5.75 Å². The zero-order valence-electron chi connectivity index (χ0n) is 12.5. The zero-order valence-corrected chi connectivity index (χ0v) is 12.5. The Morgan fingerprint density at radius 3 is 2.86 bits per heavy atom. The van der Waals surface area contributed by atoms with Gasteiger partial charge in [-0.2, -0.15) is 0 Å². The Morgan fingerprint density at radius 2 is 2.14 bits per heavy atom. The molecule has 1 aliphatic rings. The van der Waals surface area contributed by atoms with Crippen LogP contribution in [0.2, 0.25) is 0 Å². The van der Waals surface area contributed by atoms with Gasteiger partial charge in [0.15, 0.2) is 0 Å². The number of ether oxygens (including phenoxy) is 2. The van der Waals surface area contributed by atoms with Crippen LogP contribution in [0.25, 0.3) is 10.9 Å². The number of benzene rings is 1. The third-order valence-electron chi connectivity index (χ3n) is 3.90. The summed E-state index contributed by atoms with van der Waals surface area (Å²) >= 11 is 0. The molecule has 0 saturated heterocycles. The van der Waals surface area contributed by atoms with Gasteiger partial charge in [-0.1, -0.05) is 18.2 Å². The monoisotopic (exact) mass is 284 g/mol. The summed E-state index contributed by atoms with van der Waals surface area (Å²) in [6.07, 6.45) is 5.16. The van der Waals surface area contributed by atoms with E-state index in [1.54, 1.807) is 14.2 Å². The number of anilines is 1. The summed E-state index contributed by atoms with van der Waals surface area (Å²) < 4.78 is 10.6. The maximum absolute atomic E-state index is 5.41. The molecule has 21 heavy (non-hydrogen) atoms. The summed E-state index contributed by atoms with van der Waals surface area (Å²) in [5, 5.41) is 1.14. The molecule has 2 heterocycles. The Hall–Kier alpha value is -2.07. The number of aromatic nitrogens is 1. The molecule has 4 nitrogen and oxygen atoms in total. The second-order valence-corrected chi connectivity index (χ2v) is 5.18. The highest BCUT2D eigenvalue weighted by Gasteiger charge is 2.15. The highest BCUT2D eigenvalue weighted by atomic mass is 16.5. The molecule has 1 aliphatic heterocycles. The van der Waals surface area contributed by atoms with Gasteiger partial charge in [0.25, 0.3) is 0 Å². The Balaban J connectivity index is 1.95. The minimum absolute atomic E-state index is 0.735. The molecule has 4 heteroatoms. The molecule has 0 bridgehead atoms. The molecule has 0 N–H and O–H groups in total. The molecule has 2 aromatic rings. The normalized spacial score (nSPS) is 15.1. The lowest BCUT2D eigenvalue weighted by Gasteiger charge is -2.29. The predicted octanol–water partition coefficient (Wildman–Crippen LogP) is 3.03. The van der Waals surface area contributed by atoms with Crippen LogP contribution in [0.1, 0.15) is 6.42 Å². The average Bonchev–Trinajstić information content (AvgIpc) is 2.55. The minimum atomic E-state index is 0.735. The topological polar surface area (TPSA) is 34.6 Å². The molecule has 0 saturated carbocycles. The predicted molar refractivity (Wildman–Crippen MR) is 85.1 cm³/mol. The van der Waals surface area contributed by atoms with Crippen LogP contribution >= 0.6 is 0 Å². The lowest BCUT2D eigenvalue weighted by Crippen LogP contribution is -2.29. The van der Waals surface area contributed by atoms with Crippen molar-refractivity contribution in [1.82, 2.24) is 4.98 Å². The van der Waals surface area contributed by atoms with Gasteiger partial charge in [0.2, 0.25) is 0 Å². The highest BCUT2D eigenvalue weighted by molar-refractivity contribution is 5.95. The maximum atomic E-state index is 5.41. The number of pyridine rings is 1. The van der Waals surface area contributed by atoms with E-state index in [0.717, 1.165) is 42.8 Å². The van der Waals surface area contributed by atoms with Crippen LogP contribution in [0, 0.1) is 0 Å². The van der Waals surface area contributed by atoms with Gasteiger partial charge in [-0.25, -0.2) is 0 Å². The van der Waals surface area contributed by atoms with Gasteiger partial charge < -0.3 is 14.4 Å². The molecule has 0 aliphatic carbocycles. The third kappa shape index (κ3) is 2.72. The molecule has 1 aromatic heterocycles. The van der Waals surface area contributed by atoms with Crippen molar-refractivity contribution in [3.63, 3.8) is 0 Å². The number of nitrogens with zero attached hydrogens (tertiary/aromatic N) is 2. The third-order valence-corrected chi connectivity index (χ3v) is 3.90. The first kappa shape index (κ1) is 13.9. The lowest BCUT2D eigenvalue weighted by molar-refractivity contribution is 0.222. The van der Waals surface area contributed by atoms with Crippen molar-refractivity contribution in [3.8, 4) is 5.75 Å². The van der Waals surface area contributed by atoms with E-state index in [-0.39, 0.29) is 0 Å². The van der Waals surface area contributed by atoms with Crippen LogP contribution in [0.4, 0.5) is 5.69 Å². The van der Waals surface area contributed by atoms with E-state index in [1.165, 1.54) is 11.3 Å². The minimum Gasteiger partial charge on any atom is -0.494 e. The van der Waals surface area contributed by atoms with E-state index in [4.69, 9.17) is 9.47 Å². The lowest BCUT2D eigenvalue weighted by atomic mass is 10.1. The number of hydrogen-bond donors (Lipinski definition) is 0. The molecule has 0 radical (unpaired) electrons. The quantitative estimate of drug-likeness (QED) is 0.808. The van der Waals surface area contributed by atoms with E-state index in [9.17, 15) is 0 Å². The van der Waals surface area contributed by atoms with Crippen molar-refractivity contribution >= 4 is 16.6 Å².